The number of anilines is 1. The molecule has 3 aromatic carbocycles. The smallest absolute Gasteiger partial charge is 0.317 e. The number of aromatic hydroxyl groups is 1. The van der Waals surface area contributed by atoms with Crippen LogP contribution in [0.2, 0.25) is 0 Å². The molecule has 1 aliphatic heterocycles. The molecule has 3 aromatic rings. The van der Waals surface area contributed by atoms with E-state index in [1.807, 2.05) is 65.6 Å². The molecular weight excluding hydrogens is 420 g/mol. The van der Waals surface area contributed by atoms with E-state index < -0.39 is 12.1 Å². The highest BCUT2D eigenvalue weighted by Gasteiger charge is 2.38. The highest BCUT2D eigenvalue weighted by molar-refractivity contribution is 9.10. The van der Waals surface area contributed by atoms with Gasteiger partial charge in [0.05, 0.1) is 12.6 Å². The minimum atomic E-state index is -0.929. The van der Waals surface area contributed by atoms with Crippen molar-refractivity contribution in [2.24, 2.45) is 0 Å². The van der Waals surface area contributed by atoms with Crippen LogP contribution in [-0.4, -0.2) is 27.6 Å². The quantitative estimate of drug-likeness (QED) is 0.547. The SMILES string of the molecule is O=C(O)CN1[C@H](c2ccccc2)c2cc(Br)ccc2N[C@@H]1c1ccccc1O. The molecule has 0 fully saturated rings. The number of hydrogen-bond donors (Lipinski definition) is 3. The molecule has 0 saturated heterocycles. The Labute approximate surface area is 171 Å². The van der Waals surface area contributed by atoms with Crippen LogP contribution in [0.5, 0.6) is 5.75 Å². The number of nitrogens with one attached hydrogen (secondary N) is 1. The molecule has 0 radical (unpaired) electrons. The summed E-state index contributed by atoms with van der Waals surface area (Å²) in [5.74, 6) is -0.802. The summed E-state index contributed by atoms with van der Waals surface area (Å²) in [4.78, 5) is 13.6. The second-order valence-electron chi connectivity index (χ2n) is 6.72. The number of halogens is 1. The summed E-state index contributed by atoms with van der Waals surface area (Å²) in [5.41, 5.74) is 3.52. The fourth-order valence-corrected chi connectivity index (χ4v) is 4.15. The van der Waals surface area contributed by atoms with Crippen LogP contribution in [0, 0.1) is 0 Å². The molecule has 6 heteroatoms. The monoisotopic (exact) mass is 438 g/mol. The van der Waals surface area contributed by atoms with E-state index in [1.165, 1.54) is 0 Å². The molecule has 0 saturated carbocycles. The lowest BCUT2D eigenvalue weighted by molar-refractivity contribution is -0.139. The van der Waals surface area contributed by atoms with Crippen molar-refractivity contribution in [3.63, 3.8) is 0 Å². The van der Waals surface area contributed by atoms with Gasteiger partial charge in [0.2, 0.25) is 0 Å². The van der Waals surface area contributed by atoms with Gasteiger partial charge in [-0.1, -0.05) is 64.5 Å². The minimum absolute atomic E-state index is 0.128. The van der Waals surface area contributed by atoms with Gasteiger partial charge in [0.25, 0.3) is 0 Å². The minimum Gasteiger partial charge on any atom is -0.508 e. The molecule has 0 aromatic heterocycles. The van der Waals surface area contributed by atoms with Crippen molar-refractivity contribution in [3.8, 4) is 5.75 Å². The molecule has 1 heterocycles. The number of benzene rings is 3. The lowest BCUT2D eigenvalue weighted by atomic mass is 9.91. The lowest BCUT2D eigenvalue weighted by Gasteiger charge is -2.44. The predicted molar refractivity (Wildman–Crippen MR) is 111 cm³/mol. The summed E-state index contributed by atoms with van der Waals surface area (Å²) in [6.45, 7) is -0.183. The molecule has 28 heavy (non-hydrogen) atoms. The lowest BCUT2D eigenvalue weighted by Crippen LogP contribution is -2.44. The molecule has 3 N–H and O–H groups in total. The third-order valence-electron chi connectivity index (χ3n) is 4.93. The van der Waals surface area contributed by atoms with E-state index in [4.69, 9.17) is 0 Å². The number of nitrogens with zero attached hydrogens (tertiary/aromatic N) is 1. The number of para-hydroxylation sites is 1. The molecule has 2 atom stereocenters. The van der Waals surface area contributed by atoms with E-state index >= 15 is 0 Å². The van der Waals surface area contributed by atoms with Crippen molar-refractivity contribution in [2.45, 2.75) is 12.2 Å². The highest BCUT2D eigenvalue weighted by Crippen LogP contribution is 2.45. The standard InChI is InChI=1S/C22H19BrN2O3/c23-15-10-11-18-17(12-15)21(14-6-2-1-3-7-14)25(13-20(27)28)22(24-18)16-8-4-5-9-19(16)26/h1-12,21-22,24,26H,13H2,(H,27,28)/t21-,22+/m1/s1. The third kappa shape index (κ3) is 3.48. The first-order valence-corrected chi connectivity index (χ1v) is 9.70. The Morgan fingerprint density at radius 2 is 1.71 bits per heavy atom. The maximum atomic E-state index is 11.7. The highest BCUT2D eigenvalue weighted by atomic mass is 79.9. The number of carbonyl (C=O) groups is 1. The number of hydrogen-bond acceptors (Lipinski definition) is 4. The Morgan fingerprint density at radius 1 is 1.00 bits per heavy atom. The van der Waals surface area contributed by atoms with Crippen molar-refractivity contribution in [1.82, 2.24) is 4.90 Å². The van der Waals surface area contributed by atoms with Crippen LogP contribution in [0.3, 0.4) is 0 Å². The Hall–Kier alpha value is -2.83. The van der Waals surface area contributed by atoms with Gasteiger partial charge in [-0.25, -0.2) is 0 Å². The summed E-state index contributed by atoms with van der Waals surface area (Å²) in [7, 11) is 0. The number of carboxylic acids is 1. The first-order chi connectivity index (χ1) is 13.5. The van der Waals surface area contributed by atoms with Gasteiger partial charge in [-0.2, -0.15) is 0 Å². The fourth-order valence-electron chi connectivity index (χ4n) is 3.77. The largest absolute Gasteiger partial charge is 0.508 e. The summed E-state index contributed by atoms with van der Waals surface area (Å²) in [5, 5.41) is 23.5. The van der Waals surface area contributed by atoms with Crippen molar-refractivity contribution in [3.05, 3.63) is 94.0 Å². The fraction of sp³-hybridized carbons (Fsp3) is 0.136. The topological polar surface area (TPSA) is 72.8 Å². The van der Waals surface area contributed by atoms with Gasteiger partial charge in [0, 0.05) is 15.7 Å². The molecule has 0 spiro atoms. The summed E-state index contributed by atoms with van der Waals surface area (Å²) >= 11 is 3.53. The predicted octanol–water partition coefficient (Wildman–Crippen LogP) is 4.76. The van der Waals surface area contributed by atoms with Crippen LogP contribution in [0.1, 0.15) is 28.9 Å². The molecule has 1 aliphatic rings. The van der Waals surface area contributed by atoms with Crippen LogP contribution < -0.4 is 5.32 Å². The normalized spacial score (nSPS) is 18.9. The van der Waals surface area contributed by atoms with E-state index in [1.54, 1.807) is 12.1 Å². The Kier molecular flexibility index (Phi) is 5.07. The van der Waals surface area contributed by atoms with Crippen LogP contribution in [0.4, 0.5) is 5.69 Å². The van der Waals surface area contributed by atoms with E-state index in [0.29, 0.717) is 5.56 Å². The number of carboxylic acid groups (broad SMARTS) is 1. The van der Waals surface area contributed by atoms with E-state index in [2.05, 4.69) is 21.2 Å². The summed E-state index contributed by atoms with van der Waals surface area (Å²) < 4.78 is 0.922. The Bertz CT molecular complexity index is 1010. The van der Waals surface area contributed by atoms with E-state index in [-0.39, 0.29) is 18.3 Å². The molecular formula is C22H19BrN2O3. The molecule has 0 amide bonds. The maximum absolute atomic E-state index is 11.7. The van der Waals surface area contributed by atoms with Crippen molar-refractivity contribution in [2.75, 3.05) is 11.9 Å². The third-order valence-corrected chi connectivity index (χ3v) is 5.42. The first-order valence-electron chi connectivity index (χ1n) is 8.91. The Balaban J connectivity index is 1.92. The summed E-state index contributed by atoms with van der Waals surface area (Å²) in [6.07, 6.45) is -0.490. The molecule has 0 aliphatic carbocycles. The molecule has 5 nitrogen and oxygen atoms in total. The van der Waals surface area contributed by atoms with Gasteiger partial charge in [-0.15, -0.1) is 0 Å². The second kappa shape index (κ2) is 7.66. The van der Waals surface area contributed by atoms with Crippen LogP contribution >= 0.6 is 15.9 Å². The van der Waals surface area contributed by atoms with Gasteiger partial charge in [-0.05, 0) is 35.4 Å². The van der Waals surface area contributed by atoms with Crippen LogP contribution in [0.25, 0.3) is 0 Å². The Morgan fingerprint density at radius 3 is 2.43 bits per heavy atom. The zero-order valence-corrected chi connectivity index (χ0v) is 16.5. The zero-order chi connectivity index (χ0) is 19.7. The number of rotatable bonds is 4. The van der Waals surface area contributed by atoms with Crippen LogP contribution in [0.15, 0.2) is 77.3 Å². The van der Waals surface area contributed by atoms with Gasteiger partial charge in [0.1, 0.15) is 11.9 Å². The van der Waals surface area contributed by atoms with Crippen molar-refractivity contribution < 1.29 is 15.0 Å². The van der Waals surface area contributed by atoms with E-state index in [0.717, 1.165) is 21.3 Å². The van der Waals surface area contributed by atoms with Crippen molar-refractivity contribution >= 4 is 27.6 Å². The number of phenolic OH excluding ortho intramolecular Hbond substituents is 1. The number of aliphatic carboxylic acids is 1. The first kappa shape index (κ1) is 18.5. The van der Waals surface area contributed by atoms with Gasteiger partial charge < -0.3 is 15.5 Å². The molecule has 142 valence electrons. The summed E-state index contributed by atoms with van der Waals surface area (Å²) in [6, 6.07) is 22.5. The van der Waals surface area contributed by atoms with E-state index in [9.17, 15) is 15.0 Å². The number of phenols is 1. The van der Waals surface area contributed by atoms with Gasteiger partial charge in [0.15, 0.2) is 0 Å². The van der Waals surface area contributed by atoms with Gasteiger partial charge >= 0.3 is 5.97 Å². The average molecular weight is 439 g/mol. The zero-order valence-electron chi connectivity index (χ0n) is 14.9. The average Bonchev–Trinajstić information content (AvgIpc) is 2.68. The molecule has 0 bridgehead atoms. The maximum Gasteiger partial charge on any atom is 0.317 e. The van der Waals surface area contributed by atoms with Crippen LogP contribution in [-0.2, 0) is 4.79 Å². The molecule has 4 rings (SSSR count). The second-order valence-corrected chi connectivity index (χ2v) is 7.63. The molecule has 0 unspecified atom stereocenters. The van der Waals surface area contributed by atoms with Crippen molar-refractivity contribution in [1.29, 1.82) is 0 Å². The van der Waals surface area contributed by atoms with Gasteiger partial charge in [-0.3, -0.25) is 9.69 Å². The number of fused-ring (bicyclic) bond motifs is 1.